The molecule has 0 aromatic heterocycles. The van der Waals surface area contributed by atoms with Crippen molar-refractivity contribution < 1.29 is 37.0 Å². The van der Waals surface area contributed by atoms with Crippen molar-refractivity contribution >= 4 is 17.6 Å². The molecule has 0 unspecified atom stereocenters. The van der Waals surface area contributed by atoms with Gasteiger partial charge in [-0.25, -0.2) is 9.18 Å². The first kappa shape index (κ1) is 19.1. The summed E-state index contributed by atoms with van der Waals surface area (Å²) < 4.78 is 51.5. The number of benzene rings is 2. The third-order valence-corrected chi connectivity index (χ3v) is 2.89. The van der Waals surface area contributed by atoms with E-state index in [0.717, 1.165) is 6.07 Å². The Hall–Kier alpha value is -3.23. The SMILES string of the molecule is O=C(COC(=O)COc1cccc(F)c1)Nc1ccccc1OC(F)F. The molecule has 0 fully saturated rings. The van der Waals surface area contributed by atoms with E-state index in [4.69, 9.17) is 9.47 Å². The maximum atomic E-state index is 13.0. The lowest BCUT2D eigenvalue weighted by molar-refractivity contribution is -0.149. The first-order chi connectivity index (χ1) is 12.4. The van der Waals surface area contributed by atoms with E-state index in [1.54, 1.807) is 0 Å². The minimum atomic E-state index is -3.05. The molecule has 6 nitrogen and oxygen atoms in total. The Labute approximate surface area is 146 Å². The van der Waals surface area contributed by atoms with Gasteiger partial charge in [-0.1, -0.05) is 18.2 Å². The van der Waals surface area contributed by atoms with Crippen LogP contribution in [0.4, 0.5) is 18.9 Å². The number of nitrogens with one attached hydrogen (secondary N) is 1. The van der Waals surface area contributed by atoms with Crippen LogP contribution in [-0.2, 0) is 14.3 Å². The van der Waals surface area contributed by atoms with Crippen LogP contribution in [0.2, 0.25) is 0 Å². The molecule has 0 aliphatic rings. The van der Waals surface area contributed by atoms with E-state index in [-0.39, 0.29) is 17.2 Å². The molecular weight excluding hydrogens is 355 g/mol. The number of hydrogen-bond donors (Lipinski definition) is 1. The second kappa shape index (κ2) is 9.30. The average molecular weight is 369 g/mol. The van der Waals surface area contributed by atoms with E-state index < -0.39 is 37.5 Å². The summed E-state index contributed by atoms with van der Waals surface area (Å²) in [5.41, 5.74) is 0.00450. The van der Waals surface area contributed by atoms with E-state index in [1.165, 1.54) is 42.5 Å². The van der Waals surface area contributed by atoms with Crippen LogP contribution in [0, 0.1) is 5.82 Å². The highest BCUT2D eigenvalue weighted by Crippen LogP contribution is 2.25. The van der Waals surface area contributed by atoms with Crippen LogP contribution in [-0.4, -0.2) is 31.7 Å². The number of anilines is 1. The third kappa shape index (κ3) is 6.34. The molecule has 0 aliphatic carbocycles. The highest BCUT2D eigenvalue weighted by atomic mass is 19.3. The van der Waals surface area contributed by atoms with E-state index >= 15 is 0 Å². The van der Waals surface area contributed by atoms with E-state index in [1.807, 2.05) is 0 Å². The fraction of sp³-hybridized carbons (Fsp3) is 0.176. The molecule has 0 spiro atoms. The third-order valence-electron chi connectivity index (χ3n) is 2.89. The lowest BCUT2D eigenvalue weighted by atomic mass is 10.3. The summed E-state index contributed by atoms with van der Waals surface area (Å²) in [6.45, 7) is -4.23. The first-order valence-corrected chi connectivity index (χ1v) is 7.31. The molecule has 0 heterocycles. The molecule has 0 atom stereocenters. The number of ether oxygens (including phenoxy) is 3. The largest absolute Gasteiger partial charge is 0.482 e. The smallest absolute Gasteiger partial charge is 0.387 e. The second-order valence-electron chi connectivity index (χ2n) is 4.83. The van der Waals surface area contributed by atoms with Gasteiger partial charge in [0.05, 0.1) is 5.69 Å². The van der Waals surface area contributed by atoms with Gasteiger partial charge in [0.15, 0.2) is 13.2 Å². The van der Waals surface area contributed by atoms with Crippen LogP contribution in [0.1, 0.15) is 0 Å². The molecule has 1 amide bonds. The van der Waals surface area contributed by atoms with E-state index in [9.17, 15) is 22.8 Å². The molecule has 0 bridgehead atoms. The minimum absolute atomic E-state index is 0.00450. The number of amides is 1. The summed E-state index contributed by atoms with van der Waals surface area (Å²) in [6, 6.07) is 10.7. The Morgan fingerprint density at radius 1 is 1.04 bits per heavy atom. The Morgan fingerprint density at radius 2 is 1.81 bits per heavy atom. The summed E-state index contributed by atoms with van der Waals surface area (Å²) in [5, 5.41) is 2.29. The molecule has 138 valence electrons. The number of hydrogen-bond acceptors (Lipinski definition) is 5. The molecule has 0 radical (unpaired) electrons. The minimum Gasteiger partial charge on any atom is -0.482 e. The van der Waals surface area contributed by atoms with Crippen LogP contribution < -0.4 is 14.8 Å². The van der Waals surface area contributed by atoms with Crippen molar-refractivity contribution in [3.63, 3.8) is 0 Å². The number of para-hydroxylation sites is 2. The molecule has 0 aliphatic heterocycles. The fourth-order valence-electron chi connectivity index (χ4n) is 1.84. The number of alkyl halides is 2. The van der Waals surface area contributed by atoms with Gasteiger partial charge in [-0.15, -0.1) is 0 Å². The number of esters is 1. The molecular formula is C17H14F3NO5. The quantitative estimate of drug-likeness (QED) is 0.724. The summed E-state index contributed by atoms with van der Waals surface area (Å²) in [5.74, 6) is -2.24. The van der Waals surface area contributed by atoms with E-state index in [2.05, 4.69) is 10.1 Å². The Kier molecular flexibility index (Phi) is 6.84. The maximum absolute atomic E-state index is 13.0. The van der Waals surface area contributed by atoms with Gasteiger partial charge in [0.25, 0.3) is 5.91 Å². The average Bonchev–Trinajstić information content (AvgIpc) is 2.59. The Morgan fingerprint density at radius 3 is 2.54 bits per heavy atom. The molecule has 2 rings (SSSR count). The zero-order chi connectivity index (χ0) is 18.9. The number of carbonyl (C=O) groups is 2. The van der Waals surface area contributed by atoms with Gasteiger partial charge in [0, 0.05) is 6.07 Å². The number of rotatable bonds is 8. The molecule has 1 N–H and O–H groups in total. The molecule has 9 heteroatoms. The predicted octanol–water partition coefficient (Wildman–Crippen LogP) is 2.99. The molecule has 2 aromatic rings. The second-order valence-corrected chi connectivity index (χ2v) is 4.83. The van der Waals surface area contributed by atoms with Crippen LogP contribution in [0.25, 0.3) is 0 Å². The van der Waals surface area contributed by atoms with Crippen LogP contribution in [0.5, 0.6) is 11.5 Å². The lowest BCUT2D eigenvalue weighted by Crippen LogP contribution is -2.24. The van der Waals surface area contributed by atoms with Gasteiger partial charge < -0.3 is 19.5 Å². The number of carbonyl (C=O) groups excluding carboxylic acids is 2. The van der Waals surface area contributed by atoms with Crippen molar-refractivity contribution in [1.82, 2.24) is 0 Å². The highest BCUT2D eigenvalue weighted by Gasteiger charge is 2.13. The highest BCUT2D eigenvalue weighted by molar-refractivity contribution is 5.94. The first-order valence-electron chi connectivity index (χ1n) is 7.31. The van der Waals surface area contributed by atoms with E-state index in [0.29, 0.717) is 0 Å². The zero-order valence-electron chi connectivity index (χ0n) is 13.3. The summed E-state index contributed by atoms with van der Waals surface area (Å²) in [4.78, 5) is 23.3. The fourth-order valence-corrected chi connectivity index (χ4v) is 1.84. The monoisotopic (exact) mass is 369 g/mol. The van der Waals surface area contributed by atoms with Crippen molar-refractivity contribution in [2.75, 3.05) is 18.5 Å². The van der Waals surface area contributed by atoms with Crippen molar-refractivity contribution in [2.24, 2.45) is 0 Å². The summed E-state index contributed by atoms with van der Waals surface area (Å²) >= 11 is 0. The lowest BCUT2D eigenvalue weighted by Gasteiger charge is -2.12. The Balaban J connectivity index is 1.79. The van der Waals surface area contributed by atoms with Crippen molar-refractivity contribution in [3.8, 4) is 11.5 Å². The van der Waals surface area contributed by atoms with Gasteiger partial charge >= 0.3 is 12.6 Å². The standard InChI is InChI=1S/C17H14F3NO5/c18-11-4-3-5-12(8-11)24-10-16(23)25-9-15(22)21-13-6-1-2-7-14(13)26-17(19)20/h1-8,17H,9-10H2,(H,21,22). The summed E-state index contributed by atoms with van der Waals surface area (Å²) in [6.07, 6.45) is 0. The van der Waals surface area contributed by atoms with Crippen molar-refractivity contribution in [1.29, 1.82) is 0 Å². The normalized spacial score (nSPS) is 10.3. The van der Waals surface area contributed by atoms with Crippen LogP contribution in [0.3, 0.4) is 0 Å². The summed E-state index contributed by atoms with van der Waals surface area (Å²) in [7, 11) is 0. The molecule has 26 heavy (non-hydrogen) atoms. The molecule has 0 saturated carbocycles. The predicted molar refractivity (Wildman–Crippen MR) is 84.6 cm³/mol. The number of halogens is 3. The zero-order valence-corrected chi connectivity index (χ0v) is 13.3. The van der Waals surface area contributed by atoms with Gasteiger partial charge in [-0.3, -0.25) is 4.79 Å². The van der Waals surface area contributed by atoms with Crippen molar-refractivity contribution in [3.05, 3.63) is 54.3 Å². The molecule has 2 aromatic carbocycles. The van der Waals surface area contributed by atoms with Gasteiger partial charge in [0.1, 0.15) is 17.3 Å². The van der Waals surface area contributed by atoms with Crippen LogP contribution in [0.15, 0.2) is 48.5 Å². The van der Waals surface area contributed by atoms with Crippen LogP contribution >= 0.6 is 0 Å². The van der Waals surface area contributed by atoms with Gasteiger partial charge in [0.2, 0.25) is 0 Å². The Bertz CT molecular complexity index is 770. The molecule has 0 saturated heterocycles. The van der Waals surface area contributed by atoms with Crippen molar-refractivity contribution in [2.45, 2.75) is 6.61 Å². The maximum Gasteiger partial charge on any atom is 0.387 e. The topological polar surface area (TPSA) is 73.9 Å². The van der Waals surface area contributed by atoms with Gasteiger partial charge in [-0.05, 0) is 24.3 Å². The van der Waals surface area contributed by atoms with Gasteiger partial charge in [-0.2, -0.15) is 8.78 Å².